The van der Waals surface area contributed by atoms with Crippen LogP contribution in [0.15, 0.2) is 54.7 Å². The normalized spacial score (nSPS) is 11.3. The summed E-state index contributed by atoms with van der Waals surface area (Å²) < 4.78 is 44.5. The Balaban J connectivity index is 1.86. The van der Waals surface area contributed by atoms with Gasteiger partial charge in [-0.1, -0.05) is 12.1 Å². The molecular weight excluding hydrogens is 359 g/mol. The molecule has 1 aromatic heterocycles. The summed E-state index contributed by atoms with van der Waals surface area (Å²) in [5.41, 5.74) is 1.07. The fourth-order valence-corrected chi connectivity index (χ4v) is 2.52. The molecule has 0 radical (unpaired) electrons. The largest absolute Gasteiger partial charge is 0.495 e. The van der Waals surface area contributed by atoms with E-state index < -0.39 is 17.8 Å². The van der Waals surface area contributed by atoms with Crippen LogP contribution < -0.4 is 10.1 Å². The second kappa shape index (κ2) is 7.14. The van der Waals surface area contributed by atoms with E-state index in [2.05, 4.69) is 10.4 Å². The minimum atomic E-state index is -4.53. The number of methoxy groups -OCH3 is 1. The second-order valence-corrected chi connectivity index (χ2v) is 5.85. The summed E-state index contributed by atoms with van der Waals surface area (Å²) in [6, 6.07) is 12.4. The molecule has 0 bridgehead atoms. The molecule has 5 nitrogen and oxygen atoms in total. The van der Waals surface area contributed by atoms with Gasteiger partial charge in [-0.2, -0.15) is 18.3 Å². The van der Waals surface area contributed by atoms with Gasteiger partial charge in [0, 0.05) is 11.8 Å². The molecule has 0 aliphatic carbocycles. The zero-order valence-corrected chi connectivity index (χ0v) is 14.5. The minimum absolute atomic E-state index is 0.278. The zero-order valence-electron chi connectivity index (χ0n) is 14.5. The Labute approximate surface area is 153 Å². The van der Waals surface area contributed by atoms with Gasteiger partial charge in [0.1, 0.15) is 5.75 Å². The lowest BCUT2D eigenvalue weighted by molar-refractivity contribution is -0.141. The fourth-order valence-electron chi connectivity index (χ4n) is 2.52. The molecule has 3 aromatic rings. The Kier molecular flexibility index (Phi) is 4.89. The first-order valence-electron chi connectivity index (χ1n) is 7.97. The predicted molar refractivity (Wildman–Crippen MR) is 94.3 cm³/mol. The molecule has 8 heteroatoms. The summed E-state index contributed by atoms with van der Waals surface area (Å²) in [5.74, 6) is 0.0935. The Hall–Kier alpha value is -3.29. The Bertz CT molecular complexity index is 980. The lowest BCUT2D eigenvalue weighted by atomic mass is 10.1. The highest BCUT2D eigenvalue weighted by Crippen LogP contribution is 2.28. The van der Waals surface area contributed by atoms with Crippen molar-refractivity contribution in [3.8, 4) is 11.4 Å². The maximum atomic E-state index is 12.7. The van der Waals surface area contributed by atoms with Crippen LogP contribution >= 0.6 is 0 Å². The molecule has 2 aromatic carbocycles. The van der Waals surface area contributed by atoms with Crippen LogP contribution in [0.2, 0.25) is 0 Å². The molecule has 1 amide bonds. The molecule has 1 N–H and O–H groups in total. The number of aromatic nitrogens is 2. The number of alkyl halides is 3. The van der Waals surface area contributed by atoms with Crippen LogP contribution in [0.1, 0.15) is 21.6 Å². The van der Waals surface area contributed by atoms with E-state index in [0.717, 1.165) is 16.3 Å². The maximum absolute atomic E-state index is 12.7. The van der Waals surface area contributed by atoms with Crippen LogP contribution in [0, 0.1) is 6.92 Å². The van der Waals surface area contributed by atoms with Gasteiger partial charge in [0.15, 0.2) is 5.69 Å². The third-order valence-corrected chi connectivity index (χ3v) is 3.86. The van der Waals surface area contributed by atoms with E-state index in [1.54, 1.807) is 30.3 Å². The van der Waals surface area contributed by atoms with E-state index >= 15 is 0 Å². The lowest BCUT2D eigenvalue weighted by Crippen LogP contribution is -2.13. The van der Waals surface area contributed by atoms with E-state index in [1.165, 1.54) is 19.4 Å². The number of carbonyl (C=O) groups is 1. The Morgan fingerprint density at radius 3 is 2.59 bits per heavy atom. The zero-order chi connectivity index (χ0) is 19.6. The van der Waals surface area contributed by atoms with Gasteiger partial charge in [0.25, 0.3) is 5.91 Å². The number of benzene rings is 2. The van der Waals surface area contributed by atoms with E-state index in [-0.39, 0.29) is 5.56 Å². The van der Waals surface area contributed by atoms with Gasteiger partial charge in [0.2, 0.25) is 0 Å². The van der Waals surface area contributed by atoms with Crippen molar-refractivity contribution < 1.29 is 22.7 Å². The van der Waals surface area contributed by atoms with Crippen LogP contribution in [0.4, 0.5) is 18.9 Å². The number of rotatable bonds is 4. The number of carbonyl (C=O) groups excluding carboxylic acids is 1. The highest BCUT2D eigenvalue weighted by Gasteiger charge is 2.33. The summed E-state index contributed by atoms with van der Waals surface area (Å²) in [6.45, 7) is 1.88. The summed E-state index contributed by atoms with van der Waals surface area (Å²) >= 11 is 0. The number of anilines is 1. The highest BCUT2D eigenvalue weighted by molar-refractivity contribution is 6.05. The summed E-state index contributed by atoms with van der Waals surface area (Å²) in [5, 5.41) is 6.27. The van der Waals surface area contributed by atoms with Crippen molar-refractivity contribution in [2.45, 2.75) is 13.1 Å². The number of amides is 1. The van der Waals surface area contributed by atoms with Crippen LogP contribution in [-0.2, 0) is 6.18 Å². The molecule has 0 aliphatic heterocycles. The van der Waals surface area contributed by atoms with Crippen molar-refractivity contribution >= 4 is 11.6 Å². The van der Waals surface area contributed by atoms with E-state index in [9.17, 15) is 18.0 Å². The number of ether oxygens (including phenoxy) is 1. The third kappa shape index (κ3) is 4.11. The predicted octanol–water partition coefficient (Wildman–Crippen LogP) is 4.46. The van der Waals surface area contributed by atoms with Crippen molar-refractivity contribution in [2.75, 3.05) is 12.4 Å². The summed E-state index contributed by atoms with van der Waals surface area (Å²) in [4.78, 5) is 12.6. The lowest BCUT2D eigenvalue weighted by Gasteiger charge is -2.11. The standard InChI is InChI=1S/C19H16F3N3O2/c1-12-6-7-16(27-2)15(10-12)23-18(26)13-4-3-5-14(11-13)25-9-8-17(24-25)19(20,21)22/h3-11H,1-2H3,(H,23,26). The maximum Gasteiger partial charge on any atom is 0.435 e. The van der Waals surface area contributed by atoms with E-state index in [1.807, 2.05) is 13.0 Å². The average Bonchev–Trinajstić information content (AvgIpc) is 3.13. The second-order valence-electron chi connectivity index (χ2n) is 5.85. The van der Waals surface area contributed by atoms with Crippen LogP contribution in [-0.4, -0.2) is 22.8 Å². The van der Waals surface area contributed by atoms with Gasteiger partial charge in [0.05, 0.1) is 18.5 Å². The number of aryl methyl sites for hydroxylation is 1. The van der Waals surface area contributed by atoms with Gasteiger partial charge < -0.3 is 10.1 Å². The van der Waals surface area contributed by atoms with Gasteiger partial charge in [-0.05, 0) is 48.9 Å². The van der Waals surface area contributed by atoms with Crippen molar-refractivity contribution in [3.63, 3.8) is 0 Å². The Morgan fingerprint density at radius 1 is 1.15 bits per heavy atom. The first-order valence-corrected chi connectivity index (χ1v) is 7.97. The minimum Gasteiger partial charge on any atom is -0.495 e. The number of hydrogen-bond donors (Lipinski definition) is 1. The quantitative estimate of drug-likeness (QED) is 0.733. The van der Waals surface area contributed by atoms with Gasteiger partial charge >= 0.3 is 6.18 Å². The van der Waals surface area contributed by atoms with Gasteiger partial charge in [-0.3, -0.25) is 4.79 Å². The molecule has 0 unspecified atom stereocenters. The third-order valence-electron chi connectivity index (χ3n) is 3.86. The molecule has 1 heterocycles. The van der Waals surface area contributed by atoms with Gasteiger partial charge in [-0.15, -0.1) is 0 Å². The number of halogens is 3. The Morgan fingerprint density at radius 2 is 1.93 bits per heavy atom. The summed E-state index contributed by atoms with van der Waals surface area (Å²) in [6.07, 6.45) is -3.33. The molecule has 0 saturated carbocycles. The molecule has 0 atom stereocenters. The van der Waals surface area contributed by atoms with Crippen molar-refractivity contribution in [2.24, 2.45) is 0 Å². The van der Waals surface area contributed by atoms with Crippen LogP contribution in [0.3, 0.4) is 0 Å². The molecule has 0 saturated heterocycles. The molecule has 140 valence electrons. The molecule has 0 aliphatic rings. The molecule has 3 rings (SSSR count). The number of nitrogens with one attached hydrogen (secondary N) is 1. The first kappa shape index (κ1) is 18.5. The fraction of sp³-hybridized carbons (Fsp3) is 0.158. The topological polar surface area (TPSA) is 56.1 Å². The molecule has 27 heavy (non-hydrogen) atoms. The molecular formula is C19H16F3N3O2. The van der Waals surface area contributed by atoms with E-state index in [0.29, 0.717) is 17.1 Å². The summed E-state index contributed by atoms with van der Waals surface area (Å²) in [7, 11) is 1.50. The first-order chi connectivity index (χ1) is 12.8. The number of nitrogens with zero attached hydrogens (tertiary/aromatic N) is 2. The van der Waals surface area contributed by atoms with Crippen LogP contribution in [0.25, 0.3) is 5.69 Å². The van der Waals surface area contributed by atoms with Gasteiger partial charge in [-0.25, -0.2) is 4.68 Å². The average molecular weight is 375 g/mol. The smallest absolute Gasteiger partial charge is 0.435 e. The highest BCUT2D eigenvalue weighted by atomic mass is 19.4. The van der Waals surface area contributed by atoms with Crippen molar-refractivity contribution in [3.05, 3.63) is 71.5 Å². The number of hydrogen-bond acceptors (Lipinski definition) is 3. The molecule has 0 fully saturated rings. The van der Waals surface area contributed by atoms with Crippen molar-refractivity contribution in [1.29, 1.82) is 0 Å². The monoisotopic (exact) mass is 375 g/mol. The van der Waals surface area contributed by atoms with Crippen molar-refractivity contribution in [1.82, 2.24) is 9.78 Å². The van der Waals surface area contributed by atoms with E-state index in [4.69, 9.17) is 4.74 Å². The SMILES string of the molecule is COc1ccc(C)cc1NC(=O)c1cccc(-n2ccc(C(F)(F)F)n2)c1. The van der Waals surface area contributed by atoms with Crippen LogP contribution in [0.5, 0.6) is 5.75 Å². The molecule has 0 spiro atoms.